The number of nitrogens with one attached hydrogen (secondary N) is 1. The SMILES string of the molecule is CC(=O)CNCCCN. The summed E-state index contributed by atoms with van der Waals surface area (Å²) in [7, 11) is 0. The van der Waals surface area contributed by atoms with Gasteiger partial charge >= 0.3 is 0 Å². The second kappa shape index (κ2) is 5.72. The highest BCUT2D eigenvalue weighted by atomic mass is 16.1. The van der Waals surface area contributed by atoms with Crippen molar-refractivity contribution >= 4 is 5.78 Å². The molecular formula is C6H14N2O. The molecule has 54 valence electrons. The quantitative estimate of drug-likeness (QED) is 0.494. The van der Waals surface area contributed by atoms with Crippen LogP contribution in [0.1, 0.15) is 13.3 Å². The zero-order valence-corrected chi connectivity index (χ0v) is 5.81. The van der Waals surface area contributed by atoms with Crippen LogP contribution < -0.4 is 11.1 Å². The topological polar surface area (TPSA) is 55.1 Å². The van der Waals surface area contributed by atoms with E-state index >= 15 is 0 Å². The first-order valence-corrected chi connectivity index (χ1v) is 3.17. The monoisotopic (exact) mass is 130 g/mol. The van der Waals surface area contributed by atoms with Crippen molar-refractivity contribution < 1.29 is 4.79 Å². The van der Waals surface area contributed by atoms with Gasteiger partial charge in [-0.1, -0.05) is 0 Å². The lowest BCUT2D eigenvalue weighted by atomic mass is 10.4. The molecule has 0 amide bonds. The molecule has 0 aromatic heterocycles. The molecule has 0 unspecified atom stereocenters. The smallest absolute Gasteiger partial charge is 0.143 e. The van der Waals surface area contributed by atoms with Gasteiger partial charge in [0.1, 0.15) is 5.78 Å². The fourth-order valence-electron chi connectivity index (χ4n) is 0.491. The second-order valence-corrected chi connectivity index (χ2v) is 2.02. The fraction of sp³-hybridized carbons (Fsp3) is 0.833. The molecule has 0 atom stereocenters. The molecule has 0 rings (SSSR count). The van der Waals surface area contributed by atoms with Crippen LogP contribution in [-0.2, 0) is 4.79 Å². The van der Waals surface area contributed by atoms with Crippen LogP contribution in [0, 0.1) is 0 Å². The maximum atomic E-state index is 10.3. The van der Waals surface area contributed by atoms with Crippen LogP contribution in [0.5, 0.6) is 0 Å². The Kier molecular flexibility index (Phi) is 5.46. The Morgan fingerprint density at radius 3 is 2.78 bits per heavy atom. The van der Waals surface area contributed by atoms with Gasteiger partial charge in [0, 0.05) is 0 Å². The number of Topliss-reactive ketones (excluding diaryl/α,β-unsaturated/α-hetero) is 1. The van der Waals surface area contributed by atoms with Crippen molar-refractivity contribution in [2.45, 2.75) is 13.3 Å². The molecule has 3 N–H and O–H groups in total. The van der Waals surface area contributed by atoms with Gasteiger partial charge in [0.15, 0.2) is 0 Å². The third kappa shape index (κ3) is 7.59. The van der Waals surface area contributed by atoms with E-state index in [1.807, 2.05) is 0 Å². The summed E-state index contributed by atoms with van der Waals surface area (Å²) in [6.45, 7) is 3.57. The summed E-state index contributed by atoms with van der Waals surface area (Å²) >= 11 is 0. The van der Waals surface area contributed by atoms with E-state index in [2.05, 4.69) is 5.32 Å². The van der Waals surface area contributed by atoms with Crippen molar-refractivity contribution in [2.75, 3.05) is 19.6 Å². The summed E-state index contributed by atoms with van der Waals surface area (Å²) in [6.07, 6.45) is 0.938. The molecule has 0 aliphatic rings. The molecule has 0 fully saturated rings. The normalized spacial score (nSPS) is 9.56. The average molecular weight is 130 g/mol. The zero-order chi connectivity index (χ0) is 7.11. The maximum Gasteiger partial charge on any atom is 0.143 e. The molecule has 0 saturated heterocycles. The Labute approximate surface area is 55.6 Å². The standard InChI is InChI=1S/C6H14N2O/c1-6(9)5-8-4-2-3-7/h8H,2-5,7H2,1H3. The highest BCUT2D eigenvalue weighted by molar-refractivity contribution is 5.77. The molecule has 0 saturated carbocycles. The first-order chi connectivity index (χ1) is 4.27. The zero-order valence-electron chi connectivity index (χ0n) is 5.81. The second-order valence-electron chi connectivity index (χ2n) is 2.02. The van der Waals surface area contributed by atoms with Gasteiger partial charge in [-0.25, -0.2) is 0 Å². The highest BCUT2D eigenvalue weighted by Gasteiger charge is 1.89. The number of hydrogen-bond donors (Lipinski definition) is 2. The summed E-state index contributed by atoms with van der Waals surface area (Å²) < 4.78 is 0. The van der Waals surface area contributed by atoms with Crippen LogP contribution in [-0.4, -0.2) is 25.4 Å². The van der Waals surface area contributed by atoms with Gasteiger partial charge in [0.05, 0.1) is 6.54 Å². The number of rotatable bonds is 5. The van der Waals surface area contributed by atoms with Gasteiger partial charge in [-0.2, -0.15) is 0 Å². The van der Waals surface area contributed by atoms with Gasteiger partial charge in [0.25, 0.3) is 0 Å². The summed E-state index contributed by atoms with van der Waals surface area (Å²) in [5, 5.41) is 2.96. The molecule has 9 heavy (non-hydrogen) atoms. The van der Waals surface area contributed by atoms with Crippen molar-refractivity contribution in [3.63, 3.8) is 0 Å². The molecule has 3 heteroatoms. The van der Waals surface area contributed by atoms with E-state index in [0.29, 0.717) is 13.1 Å². The van der Waals surface area contributed by atoms with E-state index in [4.69, 9.17) is 5.73 Å². The number of ketones is 1. The minimum Gasteiger partial charge on any atom is -0.330 e. The van der Waals surface area contributed by atoms with E-state index in [0.717, 1.165) is 13.0 Å². The number of nitrogens with two attached hydrogens (primary N) is 1. The number of carbonyl (C=O) groups is 1. The minimum absolute atomic E-state index is 0.173. The van der Waals surface area contributed by atoms with Gasteiger partial charge < -0.3 is 11.1 Å². The van der Waals surface area contributed by atoms with Crippen molar-refractivity contribution in [3.8, 4) is 0 Å². The van der Waals surface area contributed by atoms with Gasteiger partial charge in [-0.15, -0.1) is 0 Å². The largest absolute Gasteiger partial charge is 0.330 e. The van der Waals surface area contributed by atoms with Gasteiger partial charge in [-0.05, 0) is 26.4 Å². The molecule has 0 aliphatic carbocycles. The summed E-state index contributed by atoms with van der Waals surface area (Å²) in [5.74, 6) is 0.173. The van der Waals surface area contributed by atoms with Crippen LogP contribution in [0.3, 0.4) is 0 Å². The minimum atomic E-state index is 0.173. The lowest BCUT2D eigenvalue weighted by Crippen LogP contribution is -2.23. The fourth-order valence-corrected chi connectivity index (χ4v) is 0.491. The Hall–Kier alpha value is -0.410. The lowest BCUT2D eigenvalue weighted by Gasteiger charge is -1.97. The first-order valence-electron chi connectivity index (χ1n) is 3.17. The van der Waals surface area contributed by atoms with Gasteiger partial charge in [-0.3, -0.25) is 4.79 Å². The van der Waals surface area contributed by atoms with Crippen molar-refractivity contribution in [2.24, 2.45) is 5.73 Å². The van der Waals surface area contributed by atoms with E-state index in [-0.39, 0.29) is 5.78 Å². The predicted octanol–water partition coefficient (Wildman–Crippen LogP) is -0.486. The van der Waals surface area contributed by atoms with E-state index in [1.165, 1.54) is 0 Å². The van der Waals surface area contributed by atoms with Crippen molar-refractivity contribution in [1.29, 1.82) is 0 Å². The Morgan fingerprint density at radius 2 is 2.33 bits per heavy atom. The molecule has 0 spiro atoms. The summed E-state index contributed by atoms with van der Waals surface area (Å²) in [4.78, 5) is 10.3. The van der Waals surface area contributed by atoms with Crippen molar-refractivity contribution in [3.05, 3.63) is 0 Å². The van der Waals surface area contributed by atoms with Crippen LogP contribution >= 0.6 is 0 Å². The Bertz CT molecular complexity index is 83.1. The maximum absolute atomic E-state index is 10.3. The van der Waals surface area contributed by atoms with E-state index in [1.54, 1.807) is 6.92 Å². The number of hydrogen-bond acceptors (Lipinski definition) is 3. The summed E-state index contributed by atoms with van der Waals surface area (Å²) in [5.41, 5.74) is 5.22. The van der Waals surface area contributed by atoms with Crippen LogP contribution in [0.15, 0.2) is 0 Å². The van der Waals surface area contributed by atoms with Crippen molar-refractivity contribution in [1.82, 2.24) is 5.32 Å². The molecule has 0 bridgehead atoms. The molecule has 0 heterocycles. The van der Waals surface area contributed by atoms with Gasteiger partial charge in [0.2, 0.25) is 0 Å². The van der Waals surface area contributed by atoms with Crippen LogP contribution in [0.4, 0.5) is 0 Å². The average Bonchev–Trinajstić information content (AvgIpc) is 1.80. The summed E-state index contributed by atoms with van der Waals surface area (Å²) in [6, 6.07) is 0. The van der Waals surface area contributed by atoms with Crippen LogP contribution in [0.25, 0.3) is 0 Å². The molecular weight excluding hydrogens is 116 g/mol. The first kappa shape index (κ1) is 8.59. The lowest BCUT2D eigenvalue weighted by molar-refractivity contribution is -0.116. The third-order valence-corrected chi connectivity index (χ3v) is 0.932. The Balaban J connectivity index is 2.83. The molecule has 0 aromatic rings. The molecule has 0 aliphatic heterocycles. The Morgan fingerprint density at radius 1 is 1.67 bits per heavy atom. The highest BCUT2D eigenvalue weighted by Crippen LogP contribution is 1.69. The van der Waals surface area contributed by atoms with Crippen LogP contribution in [0.2, 0.25) is 0 Å². The molecule has 0 aromatic carbocycles. The molecule has 3 nitrogen and oxygen atoms in total. The third-order valence-electron chi connectivity index (χ3n) is 0.932. The van der Waals surface area contributed by atoms with E-state index < -0.39 is 0 Å². The predicted molar refractivity (Wildman–Crippen MR) is 37.2 cm³/mol. The molecule has 0 radical (unpaired) electrons. The van der Waals surface area contributed by atoms with E-state index in [9.17, 15) is 4.79 Å². The number of carbonyl (C=O) groups excluding carboxylic acids is 1.